The molecule has 0 saturated heterocycles. The van der Waals surface area contributed by atoms with Crippen LogP contribution >= 0.6 is 0 Å². The van der Waals surface area contributed by atoms with E-state index in [1.807, 2.05) is 30.3 Å². The van der Waals surface area contributed by atoms with Crippen molar-refractivity contribution in [2.45, 2.75) is 45.0 Å². The van der Waals surface area contributed by atoms with Crippen LogP contribution in [0, 0.1) is 0 Å². The normalized spacial score (nSPS) is 15.9. The number of benzene rings is 1. The Balaban J connectivity index is 2.51. The van der Waals surface area contributed by atoms with Crippen LogP contribution in [0.3, 0.4) is 0 Å². The Labute approximate surface area is 107 Å². The number of aliphatic hydroxyl groups excluding tert-OH is 1. The third-order valence-corrected chi connectivity index (χ3v) is 2.87. The Hall–Kier alpha value is -1.39. The molecule has 4 nitrogen and oxygen atoms in total. The van der Waals surface area contributed by atoms with Crippen LogP contribution in [0.25, 0.3) is 0 Å². The van der Waals surface area contributed by atoms with Gasteiger partial charge in [-0.05, 0) is 32.3 Å². The topological polar surface area (TPSA) is 66.8 Å². The van der Waals surface area contributed by atoms with Crippen molar-refractivity contribution in [3.05, 3.63) is 35.9 Å². The first-order valence-electron chi connectivity index (χ1n) is 6.11. The van der Waals surface area contributed by atoms with E-state index in [9.17, 15) is 9.90 Å². The maximum atomic E-state index is 11.1. The molecule has 0 amide bonds. The zero-order valence-corrected chi connectivity index (χ0v) is 10.7. The van der Waals surface area contributed by atoms with Crippen molar-refractivity contribution in [1.29, 1.82) is 0 Å². The Bertz CT molecular complexity index is 361. The summed E-state index contributed by atoms with van der Waals surface area (Å²) in [6, 6.07) is 9.67. The summed E-state index contributed by atoms with van der Waals surface area (Å²) in [6.45, 7) is 3.25. The number of carbonyl (C=O) groups is 1. The van der Waals surface area contributed by atoms with Gasteiger partial charge in [-0.2, -0.15) is 0 Å². The Morgan fingerprint density at radius 1 is 1.28 bits per heavy atom. The Morgan fingerprint density at radius 2 is 1.89 bits per heavy atom. The van der Waals surface area contributed by atoms with Crippen LogP contribution in [0.4, 0.5) is 0 Å². The van der Waals surface area contributed by atoms with Crippen LogP contribution in [0.5, 0.6) is 0 Å². The average Bonchev–Trinajstić information content (AvgIpc) is 2.34. The Morgan fingerprint density at radius 3 is 2.39 bits per heavy atom. The van der Waals surface area contributed by atoms with Gasteiger partial charge in [0.2, 0.25) is 0 Å². The smallest absolute Gasteiger partial charge is 0.332 e. The fourth-order valence-electron chi connectivity index (χ4n) is 1.56. The lowest BCUT2D eigenvalue weighted by Gasteiger charge is -2.21. The summed E-state index contributed by atoms with van der Waals surface area (Å²) in [6.07, 6.45) is -0.999. The summed E-state index contributed by atoms with van der Waals surface area (Å²) >= 11 is 0. The molecule has 0 aliphatic carbocycles. The monoisotopic (exact) mass is 252 g/mol. The van der Waals surface area contributed by atoms with Crippen LogP contribution in [-0.2, 0) is 16.0 Å². The van der Waals surface area contributed by atoms with E-state index in [1.165, 1.54) is 0 Å². The third-order valence-electron chi connectivity index (χ3n) is 2.87. The average molecular weight is 252 g/mol. The summed E-state index contributed by atoms with van der Waals surface area (Å²) in [4.78, 5) is 11.1. The first-order chi connectivity index (χ1) is 8.50. The van der Waals surface area contributed by atoms with Gasteiger partial charge in [-0.15, -0.1) is 0 Å². The van der Waals surface area contributed by atoms with Gasteiger partial charge in [0.1, 0.15) is 0 Å². The highest BCUT2D eigenvalue weighted by molar-refractivity contribution is 5.72. The molecular formula is C14H20O4. The molecule has 3 atom stereocenters. The molecule has 0 saturated carbocycles. The van der Waals surface area contributed by atoms with Crippen LogP contribution < -0.4 is 0 Å². The maximum Gasteiger partial charge on any atom is 0.332 e. The second-order valence-corrected chi connectivity index (χ2v) is 4.43. The highest BCUT2D eigenvalue weighted by Gasteiger charge is 2.22. The van der Waals surface area contributed by atoms with Gasteiger partial charge in [-0.3, -0.25) is 0 Å². The van der Waals surface area contributed by atoms with Gasteiger partial charge in [0, 0.05) is 0 Å². The summed E-state index contributed by atoms with van der Waals surface area (Å²) in [7, 11) is 0. The number of aliphatic carboxylic acids is 1. The number of aryl methyl sites for hydroxylation is 1. The molecular weight excluding hydrogens is 232 g/mol. The van der Waals surface area contributed by atoms with E-state index in [1.54, 1.807) is 13.8 Å². The van der Waals surface area contributed by atoms with Crippen LogP contribution in [0.2, 0.25) is 0 Å². The molecule has 0 spiro atoms. The number of hydrogen-bond donors (Lipinski definition) is 2. The largest absolute Gasteiger partial charge is 0.479 e. The number of carboxylic acid groups (broad SMARTS) is 1. The van der Waals surface area contributed by atoms with Crippen molar-refractivity contribution in [1.82, 2.24) is 0 Å². The summed E-state index contributed by atoms with van der Waals surface area (Å²) in [5.74, 6) is -0.988. The molecule has 4 heteroatoms. The van der Waals surface area contributed by atoms with Crippen molar-refractivity contribution < 1.29 is 19.7 Å². The molecule has 100 valence electrons. The number of rotatable bonds is 7. The highest BCUT2D eigenvalue weighted by atomic mass is 16.5. The fourth-order valence-corrected chi connectivity index (χ4v) is 1.56. The van der Waals surface area contributed by atoms with E-state index < -0.39 is 24.3 Å². The summed E-state index contributed by atoms with van der Waals surface area (Å²) in [5, 5.41) is 18.4. The second kappa shape index (κ2) is 7.13. The maximum absolute atomic E-state index is 11.1. The van der Waals surface area contributed by atoms with Gasteiger partial charge < -0.3 is 14.9 Å². The molecule has 0 heterocycles. The van der Waals surface area contributed by atoms with Gasteiger partial charge >= 0.3 is 5.97 Å². The predicted molar refractivity (Wildman–Crippen MR) is 68.4 cm³/mol. The number of ether oxygens (including phenoxy) is 1. The molecule has 0 bridgehead atoms. The fraction of sp³-hybridized carbons (Fsp3) is 0.500. The molecule has 2 N–H and O–H groups in total. The molecule has 0 radical (unpaired) electrons. The molecule has 1 rings (SSSR count). The van der Waals surface area contributed by atoms with Gasteiger partial charge in [0.05, 0.1) is 12.2 Å². The molecule has 3 unspecified atom stereocenters. The molecule has 0 aromatic heterocycles. The molecule has 1 aromatic rings. The van der Waals surface area contributed by atoms with E-state index >= 15 is 0 Å². The number of carboxylic acids is 1. The summed E-state index contributed by atoms with van der Waals surface area (Å²) in [5.41, 5.74) is 1.08. The molecule has 0 aliphatic rings. The zero-order valence-electron chi connectivity index (χ0n) is 10.7. The zero-order chi connectivity index (χ0) is 13.5. The number of hydrogen-bond acceptors (Lipinski definition) is 3. The number of aliphatic hydroxyl groups is 1. The standard InChI is InChI=1S/C14H20O4/c1-10(15)11(2)18-13(14(16)17)9-8-12-6-4-3-5-7-12/h3-7,10-11,13,15H,8-9H2,1-2H3,(H,16,17). The van der Waals surface area contributed by atoms with Crippen molar-refractivity contribution in [3.63, 3.8) is 0 Å². The van der Waals surface area contributed by atoms with Crippen molar-refractivity contribution in [3.8, 4) is 0 Å². The first kappa shape index (κ1) is 14.7. The third kappa shape index (κ3) is 4.85. The quantitative estimate of drug-likeness (QED) is 0.777. The molecule has 0 aliphatic heterocycles. The minimum atomic E-state index is -0.988. The summed E-state index contributed by atoms with van der Waals surface area (Å²) < 4.78 is 5.35. The molecule has 18 heavy (non-hydrogen) atoms. The predicted octanol–water partition coefficient (Wildman–Crippen LogP) is 1.86. The Kier molecular flexibility index (Phi) is 5.82. The molecule has 0 fully saturated rings. The lowest BCUT2D eigenvalue weighted by Crippen LogP contribution is -2.33. The van der Waals surface area contributed by atoms with Crippen molar-refractivity contribution >= 4 is 5.97 Å². The van der Waals surface area contributed by atoms with Gasteiger partial charge in [-0.25, -0.2) is 4.79 Å². The van der Waals surface area contributed by atoms with Crippen LogP contribution in [0.1, 0.15) is 25.8 Å². The minimum Gasteiger partial charge on any atom is -0.479 e. The molecule has 1 aromatic carbocycles. The van der Waals surface area contributed by atoms with E-state index in [0.29, 0.717) is 12.8 Å². The van der Waals surface area contributed by atoms with E-state index in [4.69, 9.17) is 9.84 Å². The van der Waals surface area contributed by atoms with Gasteiger partial charge in [0.15, 0.2) is 6.10 Å². The minimum absolute atomic E-state index is 0.399. The second-order valence-electron chi connectivity index (χ2n) is 4.43. The van der Waals surface area contributed by atoms with E-state index in [2.05, 4.69) is 0 Å². The van der Waals surface area contributed by atoms with E-state index in [0.717, 1.165) is 5.56 Å². The first-order valence-corrected chi connectivity index (χ1v) is 6.11. The lowest BCUT2D eigenvalue weighted by atomic mass is 10.1. The lowest BCUT2D eigenvalue weighted by molar-refractivity contribution is -0.158. The van der Waals surface area contributed by atoms with Crippen LogP contribution in [-0.4, -0.2) is 34.5 Å². The van der Waals surface area contributed by atoms with Gasteiger partial charge in [0.25, 0.3) is 0 Å². The van der Waals surface area contributed by atoms with Crippen LogP contribution in [0.15, 0.2) is 30.3 Å². The van der Waals surface area contributed by atoms with Crippen molar-refractivity contribution in [2.24, 2.45) is 0 Å². The SMILES string of the molecule is CC(O)C(C)OC(CCc1ccccc1)C(=O)O. The van der Waals surface area contributed by atoms with Crippen molar-refractivity contribution in [2.75, 3.05) is 0 Å². The highest BCUT2D eigenvalue weighted by Crippen LogP contribution is 2.11. The van der Waals surface area contributed by atoms with E-state index in [-0.39, 0.29) is 0 Å². The van der Waals surface area contributed by atoms with Gasteiger partial charge in [-0.1, -0.05) is 30.3 Å².